The van der Waals surface area contributed by atoms with Crippen molar-refractivity contribution in [3.8, 4) is 11.5 Å². The molecule has 1 atom stereocenters. The molecule has 6 nitrogen and oxygen atoms in total. The molecular weight excluding hydrogens is 332 g/mol. The zero-order valence-corrected chi connectivity index (χ0v) is 15.7. The van der Waals surface area contributed by atoms with Crippen molar-refractivity contribution in [2.24, 2.45) is 5.92 Å². The molecule has 0 unspecified atom stereocenters. The molecule has 0 N–H and O–H groups in total. The minimum atomic E-state index is -0.175. The maximum absolute atomic E-state index is 12.6. The van der Waals surface area contributed by atoms with Gasteiger partial charge in [-0.2, -0.15) is 0 Å². The molecule has 142 valence electrons. The first kappa shape index (κ1) is 18.5. The van der Waals surface area contributed by atoms with E-state index in [4.69, 9.17) is 9.47 Å². The number of carbonyl (C=O) groups is 2. The molecule has 6 heteroatoms. The third-order valence-electron chi connectivity index (χ3n) is 5.35. The highest BCUT2D eigenvalue weighted by molar-refractivity contribution is 5.89. The minimum absolute atomic E-state index is 0.0841. The summed E-state index contributed by atoms with van der Waals surface area (Å²) in [6.45, 7) is 2.85. The summed E-state index contributed by atoms with van der Waals surface area (Å²) in [5, 5.41) is 0. The minimum Gasteiger partial charge on any atom is -0.493 e. The number of likely N-dealkylation sites (tertiary alicyclic amines) is 2. The van der Waals surface area contributed by atoms with Gasteiger partial charge in [-0.15, -0.1) is 0 Å². The Bertz CT molecular complexity index is 655. The normalized spacial score (nSPS) is 20.4. The molecule has 3 rings (SSSR count). The van der Waals surface area contributed by atoms with E-state index in [1.165, 1.54) is 6.42 Å². The van der Waals surface area contributed by atoms with Crippen molar-refractivity contribution in [2.75, 3.05) is 40.4 Å². The highest BCUT2D eigenvalue weighted by Gasteiger charge is 2.36. The highest BCUT2D eigenvalue weighted by Crippen LogP contribution is 2.28. The number of hydrogen-bond acceptors (Lipinski definition) is 4. The maximum atomic E-state index is 12.6. The van der Waals surface area contributed by atoms with E-state index in [1.54, 1.807) is 14.2 Å². The monoisotopic (exact) mass is 360 g/mol. The van der Waals surface area contributed by atoms with Crippen LogP contribution < -0.4 is 9.47 Å². The first-order valence-electron chi connectivity index (χ1n) is 9.40. The number of benzene rings is 1. The van der Waals surface area contributed by atoms with Gasteiger partial charge in [0.25, 0.3) is 0 Å². The number of ether oxygens (including phenoxy) is 2. The largest absolute Gasteiger partial charge is 0.493 e. The van der Waals surface area contributed by atoms with Gasteiger partial charge >= 0.3 is 0 Å². The van der Waals surface area contributed by atoms with Gasteiger partial charge in [0.05, 0.1) is 20.1 Å². The van der Waals surface area contributed by atoms with Gasteiger partial charge in [0, 0.05) is 32.6 Å². The van der Waals surface area contributed by atoms with Crippen LogP contribution in [0, 0.1) is 5.92 Å². The van der Waals surface area contributed by atoms with Crippen LogP contribution in [0.3, 0.4) is 0 Å². The van der Waals surface area contributed by atoms with Crippen molar-refractivity contribution >= 4 is 11.8 Å². The molecule has 2 aliphatic rings. The molecule has 26 heavy (non-hydrogen) atoms. The zero-order valence-electron chi connectivity index (χ0n) is 15.7. The van der Waals surface area contributed by atoms with E-state index in [1.807, 2.05) is 28.0 Å². The van der Waals surface area contributed by atoms with Crippen LogP contribution in [-0.2, 0) is 16.0 Å². The summed E-state index contributed by atoms with van der Waals surface area (Å²) >= 11 is 0. The van der Waals surface area contributed by atoms with Gasteiger partial charge in [-0.1, -0.05) is 6.07 Å². The quantitative estimate of drug-likeness (QED) is 0.780. The number of hydrogen-bond donors (Lipinski definition) is 0. The van der Waals surface area contributed by atoms with E-state index >= 15 is 0 Å². The van der Waals surface area contributed by atoms with Crippen molar-refractivity contribution in [1.82, 2.24) is 9.80 Å². The summed E-state index contributed by atoms with van der Waals surface area (Å²) in [5.41, 5.74) is 1.08. The second-order valence-electron chi connectivity index (χ2n) is 7.07. The molecule has 0 spiro atoms. The Kier molecular flexibility index (Phi) is 6.01. The van der Waals surface area contributed by atoms with Crippen molar-refractivity contribution in [2.45, 2.75) is 32.1 Å². The average Bonchev–Trinajstić information content (AvgIpc) is 3.06. The molecule has 0 radical (unpaired) electrons. The Morgan fingerprint density at radius 2 is 1.85 bits per heavy atom. The molecule has 0 aliphatic carbocycles. The smallest absolute Gasteiger partial charge is 0.227 e. The van der Waals surface area contributed by atoms with E-state index in [2.05, 4.69) is 0 Å². The van der Waals surface area contributed by atoms with E-state index in [0.29, 0.717) is 31.0 Å². The topological polar surface area (TPSA) is 59.1 Å². The number of methoxy groups -OCH3 is 2. The average molecular weight is 360 g/mol. The summed E-state index contributed by atoms with van der Waals surface area (Å²) < 4.78 is 10.6. The lowest BCUT2D eigenvalue weighted by Crippen LogP contribution is -2.40. The van der Waals surface area contributed by atoms with Crippen molar-refractivity contribution in [3.63, 3.8) is 0 Å². The molecule has 2 amide bonds. The van der Waals surface area contributed by atoms with Gasteiger partial charge in [0.1, 0.15) is 0 Å². The fourth-order valence-corrected chi connectivity index (χ4v) is 3.83. The predicted octanol–water partition coefficient (Wildman–Crippen LogP) is 2.11. The van der Waals surface area contributed by atoms with E-state index in [0.717, 1.165) is 37.9 Å². The number of nitrogens with zero attached hydrogens (tertiary/aromatic N) is 2. The molecule has 1 aromatic rings. The van der Waals surface area contributed by atoms with Crippen LogP contribution in [0.4, 0.5) is 0 Å². The van der Waals surface area contributed by atoms with E-state index in [9.17, 15) is 9.59 Å². The summed E-state index contributed by atoms with van der Waals surface area (Å²) in [6.07, 6.45) is 4.44. The van der Waals surface area contributed by atoms with E-state index in [-0.39, 0.29) is 17.7 Å². The third kappa shape index (κ3) is 4.11. The molecule has 0 saturated carbocycles. The lowest BCUT2D eigenvalue weighted by atomic mass is 10.0. The first-order valence-corrected chi connectivity index (χ1v) is 9.40. The Morgan fingerprint density at radius 3 is 2.54 bits per heavy atom. The maximum Gasteiger partial charge on any atom is 0.227 e. The van der Waals surface area contributed by atoms with Crippen molar-refractivity contribution in [1.29, 1.82) is 0 Å². The fraction of sp³-hybridized carbons (Fsp3) is 0.600. The fourth-order valence-electron chi connectivity index (χ4n) is 3.83. The Labute approximate surface area is 155 Å². The van der Waals surface area contributed by atoms with Crippen LogP contribution in [0.25, 0.3) is 0 Å². The molecule has 2 aliphatic heterocycles. The van der Waals surface area contributed by atoms with Gasteiger partial charge < -0.3 is 19.3 Å². The zero-order chi connectivity index (χ0) is 18.5. The predicted molar refractivity (Wildman–Crippen MR) is 98.4 cm³/mol. The van der Waals surface area contributed by atoms with Crippen LogP contribution in [0.5, 0.6) is 11.5 Å². The molecule has 0 bridgehead atoms. The Hall–Kier alpha value is -2.24. The molecule has 2 fully saturated rings. The summed E-state index contributed by atoms with van der Waals surface area (Å²) in [5.74, 6) is 1.45. The van der Waals surface area contributed by atoms with Crippen LogP contribution >= 0.6 is 0 Å². The van der Waals surface area contributed by atoms with Gasteiger partial charge in [0.2, 0.25) is 11.8 Å². The molecule has 2 saturated heterocycles. The van der Waals surface area contributed by atoms with Crippen molar-refractivity contribution < 1.29 is 19.1 Å². The van der Waals surface area contributed by atoms with Crippen LogP contribution in [0.2, 0.25) is 0 Å². The molecule has 2 heterocycles. The second-order valence-corrected chi connectivity index (χ2v) is 7.07. The number of amides is 2. The van der Waals surface area contributed by atoms with Gasteiger partial charge in [-0.25, -0.2) is 0 Å². The second kappa shape index (κ2) is 8.43. The van der Waals surface area contributed by atoms with Crippen molar-refractivity contribution in [3.05, 3.63) is 23.8 Å². The standard InChI is InChI=1S/C20H28N2O4/c1-25-17-7-6-15(12-18(17)26-2)8-11-22-14-16(13-19(22)23)20(24)21-9-4-3-5-10-21/h6-7,12,16H,3-5,8-11,13-14H2,1-2H3/t16-/m0/s1. The Morgan fingerprint density at radius 1 is 1.12 bits per heavy atom. The lowest BCUT2D eigenvalue weighted by Gasteiger charge is -2.29. The highest BCUT2D eigenvalue weighted by atomic mass is 16.5. The number of rotatable bonds is 6. The summed E-state index contributed by atoms with van der Waals surface area (Å²) in [4.78, 5) is 28.7. The third-order valence-corrected chi connectivity index (χ3v) is 5.35. The number of piperidine rings is 1. The van der Waals surface area contributed by atoms with Gasteiger partial charge in [0.15, 0.2) is 11.5 Å². The van der Waals surface area contributed by atoms with Gasteiger partial charge in [-0.3, -0.25) is 9.59 Å². The number of carbonyl (C=O) groups excluding carboxylic acids is 2. The lowest BCUT2D eigenvalue weighted by molar-refractivity contribution is -0.136. The van der Waals surface area contributed by atoms with Crippen LogP contribution in [0.15, 0.2) is 18.2 Å². The SMILES string of the molecule is COc1ccc(CCN2C[C@@H](C(=O)N3CCCCC3)CC2=O)cc1OC. The molecule has 0 aromatic heterocycles. The molecule has 1 aromatic carbocycles. The summed E-state index contributed by atoms with van der Waals surface area (Å²) in [6, 6.07) is 5.80. The molecular formula is C20H28N2O4. The van der Waals surface area contributed by atoms with Crippen LogP contribution in [-0.4, -0.2) is 62.0 Å². The van der Waals surface area contributed by atoms with Crippen LogP contribution in [0.1, 0.15) is 31.2 Å². The van der Waals surface area contributed by atoms with Gasteiger partial charge in [-0.05, 0) is 43.4 Å². The first-order chi connectivity index (χ1) is 12.6. The summed E-state index contributed by atoms with van der Waals surface area (Å²) in [7, 11) is 3.22. The van der Waals surface area contributed by atoms with E-state index < -0.39 is 0 Å². The Balaban J connectivity index is 1.55.